The molecule has 0 radical (unpaired) electrons. The van der Waals surface area contributed by atoms with Crippen molar-refractivity contribution in [2.75, 3.05) is 19.8 Å². The number of aliphatic hydroxyl groups excluding tert-OH is 1. The van der Waals surface area contributed by atoms with E-state index >= 15 is 0 Å². The summed E-state index contributed by atoms with van der Waals surface area (Å²) in [6.07, 6.45) is -2.93. The van der Waals surface area contributed by atoms with E-state index in [9.17, 15) is 18.3 Å². The van der Waals surface area contributed by atoms with Crippen molar-refractivity contribution in [3.05, 3.63) is 35.4 Å². The molecule has 1 aromatic carbocycles. The molecule has 2 fully saturated rings. The minimum Gasteiger partial charge on any atom is -0.395 e. The zero-order valence-electron chi connectivity index (χ0n) is 10.3. The van der Waals surface area contributed by atoms with Gasteiger partial charge in [-0.25, -0.2) is 0 Å². The van der Waals surface area contributed by atoms with Crippen molar-refractivity contribution in [2.24, 2.45) is 5.41 Å². The molecule has 104 valence electrons. The highest BCUT2D eigenvalue weighted by atomic mass is 19.4. The number of aliphatic hydroxyl groups is 1. The molecular formula is C14H15F3O2. The molecule has 1 spiro atoms. The molecule has 19 heavy (non-hydrogen) atoms. The fourth-order valence-electron chi connectivity index (χ4n) is 3.41. The van der Waals surface area contributed by atoms with Crippen LogP contribution in [0.5, 0.6) is 0 Å². The van der Waals surface area contributed by atoms with Gasteiger partial charge in [-0.15, -0.1) is 0 Å². The summed E-state index contributed by atoms with van der Waals surface area (Å²) in [7, 11) is 0. The van der Waals surface area contributed by atoms with Gasteiger partial charge in [0.2, 0.25) is 0 Å². The number of hydrogen-bond donors (Lipinski definition) is 1. The van der Waals surface area contributed by atoms with E-state index in [0.717, 1.165) is 6.07 Å². The summed E-state index contributed by atoms with van der Waals surface area (Å²) in [6, 6.07) is 5.33. The second-order valence-corrected chi connectivity index (χ2v) is 5.86. The molecule has 0 bridgehead atoms. The van der Waals surface area contributed by atoms with Crippen molar-refractivity contribution in [2.45, 2.75) is 24.4 Å². The van der Waals surface area contributed by atoms with Gasteiger partial charge in [0, 0.05) is 10.8 Å². The summed E-state index contributed by atoms with van der Waals surface area (Å²) in [6.45, 7) is 1.21. The maximum Gasteiger partial charge on any atom is 0.416 e. The van der Waals surface area contributed by atoms with E-state index in [1.54, 1.807) is 6.07 Å². The first-order valence-corrected chi connectivity index (χ1v) is 6.26. The second kappa shape index (κ2) is 3.96. The largest absolute Gasteiger partial charge is 0.416 e. The third-order valence-electron chi connectivity index (χ3n) is 4.35. The number of alkyl halides is 3. The topological polar surface area (TPSA) is 29.5 Å². The lowest BCUT2D eigenvalue weighted by molar-refractivity contribution is -0.195. The highest BCUT2D eigenvalue weighted by Gasteiger charge is 2.58. The fraction of sp³-hybridized carbons (Fsp3) is 0.571. The van der Waals surface area contributed by atoms with E-state index in [2.05, 4.69) is 0 Å². The van der Waals surface area contributed by atoms with Crippen LogP contribution >= 0.6 is 0 Å². The van der Waals surface area contributed by atoms with Gasteiger partial charge < -0.3 is 9.84 Å². The van der Waals surface area contributed by atoms with Crippen LogP contribution in [0.4, 0.5) is 13.2 Å². The van der Waals surface area contributed by atoms with Crippen LogP contribution in [0.25, 0.3) is 0 Å². The number of rotatable bonds is 2. The van der Waals surface area contributed by atoms with Crippen LogP contribution in [-0.4, -0.2) is 24.9 Å². The summed E-state index contributed by atoms with van der Waals surface area (Å²) >= 11 is 0. The smallest absolute Gasteiger partial charge is 0.395 e. The first-order valence-electron chi connectivity index (χ1n) is 6.26. The Labute approximate surface area is 109 Å². The first kappa shape index (κ1) is 12.9. The number of ether oxygens (including phenoxy) is 1. The van der Waals surface area contributed by atoms with Crippen molar-refractivity contribution in [3.8, 4) is 0 Å². The van der Waals surface area contributed by atoms with Gasteiger partial charge in [-0.2, -0.15) is 13.2 Å². The molecule has 0 unspecified atom stereocenters. The molecular weight excluding hydrogens is 257 g/mol. The monoisotopic (exact) mass is 272 g/mol. The van der Waals surface area contributed by atoms with Crippen LogP contribution in [0.15, 0.2) is 24.3 Å². The summed E-state index contributed by atoms with van der Waals surface area (Å²) in [4.78, 5) is 0. The molecule has 1 aliphatic heterocycles. The van der Waals surface area contributed by atoms with Crippen LogP contribution in [0, 0.1) is 5.41 Å². The Kier molecular flexibility index (Phi) is 2.70. The van der Waals surface area contributed by atoms with E-state index < -0.39 is 17.2 Å². The van der Waals surface area contributed by atoms with E-state index in [1.807, 2.05) is 0 Å². The Morgan fingerprint density at radius 3 is 2.37 bits per heavy atom. The molecule has 1 heterocycles. The lowest BCUT2D eigenvalue weighted by Gasteiger charge is -2.60. The maximum absolute atomic E-state index is 12.7. The summed E-state index contributed by atoms with van der Waals surface area (Å²) in [5.41, 5.74) is -0.492. The highest BCUT2D eigenvalue weighted by molar-refractivity contribution is 5.36. The van der Waals surface area contributed by atoms with Crippen LogP contribution < -0.4 is 0 Å². The van der Waals surface area contributed by atoms with E-state index in [4.69, 9.17) is 4.74 Å². The normalized spacial score (nSPS) is 23.8. The van der Waals surface area contributed by atoms with Crippen molar-refractivity contribution in [3.63, 3.8) is 0 Å². The van der Waals surface area contributed by atoms with Gasteiger partial charge in [0.25, 0.3) is 0 Å². The maximum atomic E-state index is 12.7. The predicted octanol–water partition coefficient (Wildman–Crippen LogP) is 2.75. The molecule has 1 N–H and O–H groups in total. The van der Waals surface area contributed by atoms with E-state index in [-0.39, 0.29) is 12.0 Å². The Balaban J connectivity index is 1.89. The average Bonchev–Trinajstić information content (AvgIpc) is 2.26. The fourth-order valence-corrected chi connectivity index (χ4v) is 3.41. The zero-order valence-corrected chi connectivity index (χ0v) is 10.3. The molecule has 1 aliphatic carbocycles. The van der Waals surface area contributed by atoms with Crippen LogP contribution in [0.1, 0.15) is 24.0 Å². The van der Waals surface area contributed by atoms with Crippen LogP contribution in [0.3, 0.4) is 0 Å². The first-order chi connectivity index (χ1) is 8.89. The zero-order chi connectivity index (χ0) is 13.7. The lowest BCUT2D eigenvalue weighted by atomic mass is 9.50. The quantitative estimate of drug-likeness (QED) is 0.897. The van der Waals surface area contributed by atoms with Crippen molar-refractivity contribution >= 4 is 0 Å². The second-order valence-electron chi connectivity index (χ2n) is 5.86. The number of halogens is 3. The lowest BCUT2D eigenvalue weighted by Crippen LogP contribution is -2.61. The summed E-state index contributed by atoms with van der Waals surface area (Å²) in [5, 5.41) is 9.61. The minimum absolute atomic E-state index is 0.0942. The molecule has 1 saturated carbocycles. The minimum atomic E-state index is -4.34. The van der Waals surface area contributed by atoms with Crippen LogP contribution in [0.2, 0.25) is 0 Å². The molecule has 2 nitrogen and oxygen atoms in total. The van der Waals surface area contributed by atoms with Gasteiger partial charge in [-0.05, 0) is 24.5 Å². The van der Waals surface area contributed by atoms with Gasteiger partial charge in [0.15, 0.2) is 0 Å². The molecule has 0 amide bonds. The van der Waals surface area contributed by atoms with Gasteiger partial charge in [0.1, 0.15) is 0 Å². The highest BCUT2D eigenvalue weighted by Crippen LogP contribution is 2.59. The van der Waals surface area contributed by atoms with E-state index in [1.165, 1.54) is 12.1 Å². The van der Waals surface area contributed by atoms with Crippen molar-refractivity contribution in [1.82, 2.24) is 0 Å². The van der Waals surface area contributed by atoms with Gasteiger partial charge >= 0.3 is 6.18 Å². The molecule has 1 aromatic rings. The third-order valence-corrected chi connectivity index (χ3v) is 4.35. The molecule has 0 aromatic heterocycles. The van der Waals surface area contributed by atoms with Crippen molar-refractivity contribution in [1.29, 1.82) is 0 Å². The van der Waals surface area contributed by atoms with E-state index in [0.29, 0.717) is 31.6 Å². The van der Waals surface area contributed by atoms with Gasteiger partial charge in [-0.1, -0.05) is 18.2 Å². The Morgan fingerprint density at radius 1 is 1.21 bits per heavy atom. The molecule has 5 heteroatoms. The summed E-state index contributed by atoms with van der Waals surface area (Å²) in [5.74, 6) is 0. The molecule has 0 atom stereocenters. The average molecular weight is 272 g/mol. The Hall–Kier alpha value is -1.07. The Bertz CT molecular complexity index is 484. The molecule has 2 aliphatic rings. The number of hydrogen-bond acceptors (Lipinski definition) is 2. The number of benzene rings is 1. The van der Waals surface area contributed by atoms with Crippen molar-refractivity contribution < 1.29 is 23.0 Å². The molecule has 3 rings (SSSR count). The predicted molar refractivity (Wildman–Crippen MR) is 62.7 cm³/mol. The van der Waals surface area contributed by atoms with Crippen LogP contribution in [-0.2, 0) is 16.3 Å². The standard InChI is InChI=1S/C14H15F3O2/c15-14(16,17)11-3-1-2-10(4-11)13(7-18)5-12(6-13)8-19-9-12/h1-4,18H,5-9H2. The Morgan fingerprint density at radius 2 is 1.89 bits per heavy atom. The molecule has 1 saturated heterocycles. The van der Waals surface area contributed by atoms with Gasteiger partial charge in [-0.3, -0.25) is 0 Å². The summed E-state index contributed by atoms with van der Waals surface area (Å²) < 4.78 is 43.4. The SMILES string of the molecule is OCC1(c2cccc(C(F)(F)F)c2)CC2(COC2)C1. The van der Waals surface area contributed by atoms with Gasteiger partial charge in [0.05, 0.1) is 25.4 Å². The third kappa shape index (κ3) is 1.96.